The van der Waals surface area contributed by atoms with Crippen LogP contribution in [0.1, 0.15) is 0 Å². The largest absolute Gasteiger partial charge is 0.398 e. The SMILES string of the molecule is Nc1c(-c2cccc3[nH]ncc23)cc(-c2nccs2)c2nc(-c3cccnn3)[nH]c(=O)c12. The van der Waals surface area contributed by atoms with Gasteiger partial charge in [-0.15, -0.1) is 16.4 Å². The molecule has 4 aromatic heterocycles. The van der Waals surface area contributed by atoms with Crippen LogP contribution in [-0.2, 0) is 0 Å². The van der Waals surface area contributed by atoms with Gasteiger partial charge in [0, 0.05) is 34.3 Å². The molecule has 6 aromatic rings. The van der Waals surface area contributed by atoms with Gasteiger partial charge in [-0.05, 0) is 29.8 Å². The molecule has 0 fully saturated rings. The predicted molar refractivity (Wildman–Crippen MR) is 124 cm³/mol. The van der Waals surface area contributed by atoms with E-state index in [2.05, 4.69) is 30.4 Å². The number of benzene rings is 2. The first-order valence-corrected chi connectivity index (χ1v) is 10.6. The molecule has 9 nitrogen and oxygen atoms in total. The quantitative estimate of drug-likeness (QED) is 0.359. The van der Waals surface area contributed by atoms with Crippen LogP contribution < -0.4 is 11.3 Å². The average molecular weight is 438 g/mol. The molecule has 154 valence electrons. The third kappa shape index (κ3) is 2.77. The molecule has 0 bridgehead atoms. The van der Waals surface area contributed by atoms with Crippen molar-refractivity contribution in [2.45, 2.75) is 0 Å². The van der Waals surface area contributed by atoms with Crippen LogP contribution in [-0.4, -0.2) is 35.3 Å². The van der Waals surface area contributed by atoms with Crippen LogP contribution in [0.3, 0.4) is 0 Å². The first kappa shape index (κ1) is 18.3. The summed E-state index contributed by atoms with van der Waals surface area (Å²) in [4.78, 5) is 25.2. The number of nitrogen functional groups attached to an aromatic ring is 1. The summed E-state index contributed by atoms with van der Waals surface area (Å²) < 4.78 is 0. The predicted octanol–water partition coefficient (Wildman–Crippen LogP) is 3.63. The Morgan fingerprint density at radius 1 is 1.03 bits per heavy atom. The second-order valence-electron chi connectivity index (χ2n) is 7.11. The third-order valence-electron chi connectivity index (χ3n) is 5.28. The smallest absolute Gasteiger partial charge is 0.261 e. The first-order chi connectivity index (χ1) is 15.7. The zero-order chi connectivity index (χ0) is 21.7. The van der Waals surface area contributed by atoms with E-state index >= 15 is 0 Å². The minimum absolute atomic E-state index is 0.306. The summed E-state index contributed by atoms with van der Waals surface area (Å²) in [6, 6.07) is 11.2. The summed E-state index contributed by atoms with van der Waals surface area (Å²) in [6.45, 7) is 0. The van der Waals surface area contributed by atoms with E-state index in [1.54, 1.807) is 30.7 Å². The molecule has 0 aliphatic carbocycles. The highest BCUT2D eigenvalue weighted by Gasteiger charge is 2.20. The molecule has 0 saturated carbocycles. The van der Waals surface area contributed by atoms with E-state index in [1.165, 1.54) is 11.3 Å². The summed E-state index contributed by atoms with van der Waals surface area (Å²) in [6.07, 6.45) is 5.02. The number of aromatic nitrogens is 7. The van der Waals surface area contributed by atoms with Crippen molar-refractivity contribution in [1.82, 2.24) is 35.3 Å². The van der Waals surface area contributed by atoms with Crippen LogP contribution in [0.5, 0.6) is 0 Å². The molecule has 0 radical (unpaired) electrons. The molecule has 4 heterocycles. The maximum atomic E-state index is 13.3. The van der Waals surface area contributed by atoms with Crippen LogP contribution in [0.4, 0.5) is 5.69 Å². The Hall–Kier alpha value is -4.44. The molecule has 10 heteroatoms. The number of hydrogen-bond acceptors (Lipinski definition) is 8. The van der Waals surface area contributed by atoms with Gasteiger partial charge < -0.3 is 10.7 Å². The van der Waals surface area contributed by atoms with Gasteiger partial charge in [0.25, 0.3) is 5.56 Å². The lowest BCUT2D eigenvalue weighted by atomic mass is 9.95. The minimum atomic E-state index is -0.354. The van der Waals surface area contributed by atoms with E-state index < -0.39 is 0 Å². The molecule has 0 atom stereocenters. The molecule has 0 aliphatic heterocycles. The van der Waals surface area contributed by atoms with Gasteiger partial charge in [-0.2, -0.15) is 10.2 Å². The summed E-state index contributed by atoms with van der Waals surface area (Å²) >= 11 is 1.46. The molecule has 0 saturated heterocycles. The highest BCUT2D eigenvalue weighted by atomic mass is 32.1. The second-order valence-corrected chi connectivity index (χ2v) is 8.00. The Labute approximate surface area is 184 Å². The van der Waals surface area contributed by atoms with Crippen LogP contribution in [0.15, 0.2) is 65.2 Å². The Morgan fingerprint density at radius 2 is 1.97 bits per heavy atom. The normalized spacial score (nSPS) is 11.4. The Balaban J connectivity index is 1.73. The number of fused-ring (bicyclic) bond motifs is 2. The summed E-state index contributed by atoms with van der Waals surface area (Å²) in [5.74, 6) is 0.317. The van der Waals surface area contributed by atoms with Crippen molar-refractivity contribution in [1.29, 1.82) is 0 Å². The molecule has 0 unspecified atom stereocenters. The van der Waals surface area contributed by atoms with Gasteiger partial charge in [0.2, 0.25) is 0 Å². The molecule has 0 aliphatic rings. The average Bonchev–Trinajstić information content (AvgIpc) is 3.52. The van der Waals surface area contributed by atoms with Crippen molar-refractivity contribution in [3.8, 4) is 33.2 Å². The molecule has 0 amide bonds. The zero-order valence-corrected chi connectivity index (χ0v) is 17.2. The lowest BCUT2D eigenvalue weighted by molar-refractivity contribution is 1.01. The van der Waals surface area contributed by atoms with Crippen LogP contribution >= 0.6 is 11.3 Å². The Bertz CT molecular complexity index is 1660. The van der Waals surface area contributed by atoms with Gasteiger partial charge in [-0.3, -0.25) is 9.89 Å². The van der Waals surface area contributed by atoms with Gasteiger partial charge >= 0.3 is 0 Å². The number of rotatable bonds is 3. The second kappa shape index (κ2) is 7.06. The van der Waals surface area contributed by atoms with E-state index in [1.807, 2.05) is 29.6 Å². The molecule has 32 heavy (non-hydrogen) atoms. The zero-order valence-electron chi connectivity index (χ0n) is 16.4. The van der Waals surface area contributed by atoms with Gasteiger partial charge in [-0.1, -0.05) is 12.1 Å². The molecule has 2 aromatic carbocycles. The fourth-order valence-corrected chi connectivity index (χ4v) is 4.49. The monoisotopic (exact) mass is 438 g/mol. The maximum absolute atomic E-state index is 13.3. The number of aromatic amines is 2. The van der Waals surface area contributed by atoms with E-state index in [4.69, 9.17) is 10.7 Å². The minimum Gasteiger partial charge on any atom is -0.398 e. The molecule has 4 N–H and O–H groups in total. The van der Waals surface area contributed by atoms with Crippen molar-refractivity contribution in [2.24, 2.45) is 0 Å². The molecule has 0 spiro atoms. The molecule has 6 rings (SSSR count). The number of nitrogens with zero attached hydrogens (tertiary/aromatic N) is 5. The molecular formula is C22H14N8OS. The van der Waals surface area contributed by atoms with Crippen molar-refractivity contribution in [3.05, 3.63) is 70.7 Å². The van der Waals surface area contributed by atoms with E-state index in [9.17, 15) is 4.79 Å². The number of anilines is 1. The summed E-state index contributed by atoms with van der Waals surface area (Å²) in [7, 11) is 0. The first-order valence-electron chi connectivity index (χ1n) is 9.67. The fraction of sp³-hybridized carbons (Fsp3) is 0. The standard InChI is InChI=1S/C22H14N8OS/c23-18-12(11-3-1-4-15-14(11)10-26-29-15)9-13(22-24-7-8-32-22)19-17(18)21(31)28-20(27-19)16-5-2-6-25-30-16/h1-10H,23H2,(H,26,29)(H,27,28,31). The number of hydrogen-bond donors (Lipinski definition) is 3. The van der Waals surface area contributed by atoms with Crippen molar-refractivity contribution < 1.29 is 0 Å². The van der Waals surface area contributed by atoms with Gasteiger partial charge in [0.15, 0.2) is 5.82 Å². The van der Waals surface area contributed by atoms with E-state index in [0.717, 1.165) is 27.0 Å². The number of thiazole rings is 1. The number of nitrogens with one attached hydrogen (secondary N) is 2. The fourth-order valence-electron chi connectivity index (χ4n) is 3.84. The van der Waals surface area contributed by atoms with E-state index in [-0.39, 0.29) is 5.56 Å². The van der Waals surface area contributed by atoms with Crippen LogP contribution in [0, 0.1) is 0 Å². The van der Waals surface area contributed by atoms with Crippen molar-refractivity contribution >= 4 is 38.8 Å². The van der Waals surface area contributed by atoms with Crippen LogP contribution in [0.25, 0.3) is 55.0 Å². The van der Waals surface area contributed by atoms with Crippen molar-refractivity contribution in [2.75, 3.05) is 5.73 Å². The Morgan fingerprint density at radius 3 is 2.78 bits per heavy atom. The topological polar surface area (TPSA) is 139 Å². The van der Waals surface area contributed by atoms with Crippen molar-refractivity contribution in [3.63, 3.8) is 0 Å². The van der Waals surface area contributed by atoms with Gasteiger partial charge in [0.05, 0.1) is 28.3 Å². The molecular weight excluding hydrogens is 424 g/mol. The highest BCUT2D eigenvalue weighted by Crippen LogP contribution is 2.40. The maximum Gasteiger partial charge on any atom is 0.261 e. The highest BCUT2D eigenvalue weighted by molar-refractivity contribution is 7.13. The van der Waals surface area contributed by atoms with E-state index in [0.29, 0.717) is 33.7 Å². The summed E-state index contributed by atoms with van der Waals surface area (Å²) in [5, 5.41) is 18.9. The number of nitrogens with two attached hydrogens (primary N) is 1. The summed E-state index contributed by atoms with van der Waals surface area (Å²) in [5.41, 5.74) is 10.7. The number of H-pyrrole nitrogens is 2. The van der Waals surface area contributed by atoms with Gasteiger partial charge in [0.1, 0.15) is 10.7 Å². The van der Waals surface area contributed by atoms with Crippen LogP contribution in [0.2, 0.25) is 0 Å². The third-order valence-corrected chi connectivity index (χ3v) is 6.08. The lowest BCUT2D eigenvalue weighted by Crippen LogP contribution is -2.13. The van der Waals surface area contributed by atoms with Gasteiger partial charge in [-0.25, -0.2) is 9.97 Å². The Kier molecular flexibility index (Phi) is 4.05. The lowest BCUT2D eigenvalue weighted by Gasteiger charge is -2.14.